The minimum atomic E-state index is -2.53. The number of amides is 1. The second-order valence-electron chi connectivity index (χ2n) is 5.66. The number of hydrogen-bond donors (Lipinski definition) is 1. The first-order chi connectivity index (χ1) is 10.9. The molecule has 0 aliphatic carbocycles. The van der Waals surface area contributed by atoms with Crippen molar-refractivity contribution in [3.8, 4) is 0 Å². The Morgan fingerprint density at radius 1 is 1.38 bits per heavy atom. The van der Waals surface area contributed by atoms with Crippen molar-refractivity contribution < 1.29 is 62.2 Å². The molecular weight excluding hydrogens is 550 g/mol. The molecule has 10 heteroatoms. The predicted octanol–water partition coefficient (Wildman–Crippen LogP) is 2.07. The van der Waals surface area contributed by atoms with Crippen molar-refractivity contribution in [2.75, 3.05) is 47.5 Å². The summed E-state index contributed by atoms with van der Waals surface area (Å²) in [5.74, 6) is -0.00154. The SMILES string of the molecule is N=S1(=O)CCN(c2ccc(N3CC(C[NH-])OC3=O)cc2F)CC1.[Ac]. The van der Waals surface area contributed by atoms with Crippen LogP contribution in [0.3, 0.4) is 0 Å². The summed E-state index contributed by atoms with van der Waals surface area (Å²) in [6.07, 6.45) is -1.06. The number of nitrogens with one attached hydrogen (secondary N) is 2. The van der Waals surface area contributed by atoms with Crippen molar-refractivity contribution in [3.63, 3.8) is 0 Å². The van der Waals surface area contributed by atoms with Crippen molar-refractivity contribution in [1.82, 2.24) is 0 Å². The van der Waals surface area contributed by atoms with Crippen LogP contribution in [0.4, 0.5) is 20.6 Å². The van der Waals surface area contributed by atoms with Crippen LogP contribution < -0.4 is 9.80 Å². The van der Waals surface area contributed by atoms with Gasteiger partial charge in [-0.3, -0.25) is 9.68 Å². The molecule has 2 fully saturated rings. The third-order valence-electron chi connectivity index (χ3n) is 4.07. The Kier molecular flexibility index (Phi) is 6.51. The van der Waals surface area contributed by atoms with Gasteiger partial charge in [-0.05, 0) is 18.2 Å². The predicted molar refractivity (Wildman–Crippen MR) is 86.0 cm³/mol. The van der Waals surface area contributed by atoms with Crippen molar-refractivity contribution in [1.29, 1.82) is 4.78 Å². The molecule has 2 aliphatic rings. The number of anilines is 2. The van der Waals surface area contributed by atoms with E-state index >= 15 is 0 Å². The monoisotopic (exact) mass is 568 g/mol. The molecule has 1 amide bonds. The smallest absolute Gasteiger partial charge is 0.414 e. The Bertz CT molecular complexity index is 717. The number of cyclic esters (lactones) is 1. The van der Waals surface area contributed by atoms with E-state index in [9.17, 15) is 13.4 Å². The first-order valence-electron chi connectivity index (χ1n) is 7.31. The maximum Gasteiger partial charge on any atom is 0.414 e. The molecule has 1 radical (unpaired) electrons. The largest absolute Gasteiger partial charge is 0.674 e. The number of nitrogens with zero attached hydrogens (tertiary/aromatic N) is 2. The molecule has 2 N–H and O–H groups in total. The van der Waals surface area contributed by atoms with Gasteiger partial charge in [-0.1, -0.05) is 0 Å². The molecule has 2 saturated heterocycles. The van der Waals surface area contributed by atoms with E-state index in [1.165, 1.54) is 11.0 Å². The van der Waals surface area contributed by atoms with Gasteiger partial charge in [0, 0.05) is 78.4 Å². The molecule has 1 atom stereocenters. The summed E-state index contributed by atoms with van der Waals surface area (Å²) in [6, 6.07) is 4.50. The number of benzene rings is 1. The fraction of sp³-hybridized carbons (Fsp3) is 0.500. The maximum atomic E-state index is 14.4. The molecule has 1 unspecified atom stereocenters. The number of hydrogen-bond acceptors (Lipinski definition) is 5. The van der Waals surface area contributed by atoms with Crippen LogP contribution in [0.25, 0.3) is 5.73 Å². The zero-order valence-electron chi connectivity index (χ0n) is 13.0. The van der Waals surface area contributed by atoms with Crippen LogP contribution in [0.2, 0.25) is 0 Å². The molecule has 2 heterocycles. The van der Waals surface area contributed by atoms with E-state index in [1.54, 1.807) is 17.0 Å². The first kappa shape index (κ1) is 19.9. The fourth-order valence-electron chi connectivity index (χ4n) is 2.73. The van der Waals surface area contributed by atoms with Crippen LogP contribution >= 0.6 is 0 Å². The number of rotatable bonds is 3. The number of carbonyl (C=O) groups excluding carboxylic acids is 1. The summed E-state index contributed by atoms with van der Waals surface area (Å²) in [7, 11) is -2.53. The molecular formula is C14H18AcFN4O3S-. The summed E-state index contributed by atoms with van der Waals surface area (Å²) in [6.45, 7) is 0.977. The van der Waals surface area contributed by atoms with E-state index in [0.29, 0.717) is 24.5 Å². The number of halogens is 1. The molecule has 2 aliphatic heterocycles. The summed E-state index contributed by atoms with van der Waals surface area (Å²) in [4.78, 5) is 14.8. The Hall–Kier alpha value is -0.428. The molecule has 0 spiro atoms. The van der Waals surface area contributed by atoms with Gasteiger partial charge in [0.25, 0.3) is 0 Å². The first-order valence-corrected chi connectivity index (χ1v) is 9.20. The normalized spacial score (nSPS) is 22.9. The third kappa shape index (κ3) is 4.21. The van der Waals surface area contributed by atoms with E-state index in [2.05, 4.69) is 0 Å². The van der Waals surface area contributed by atoms with E-state index in [-0.39, 0.29) is 68.7 Å². The average molecular weight is 568 g/mol. The Balaban J connectivity index is 0.00000208. The summed E-state index contributed by atoms with van der Waals surface area (Å²) < 4.78 is 38.6. The van der Waals surface area contributed by atoms with Crippen molar-refractivity contribution in [3.05, 3.63) is 29.7 Å². The van der Waals surface area contributed by atoms with Gasteiger partial charge in [0.1, 0.15) is 11.9 Å². The zero-order chi connectivity index (χ0) is 16.6. The van der Waals surface area contributed by atoms with Crippen LogP contribution in [0, 0.1) is 54.7 Å². The molecule has 0 bridgehead atoms. The molecule has 1 aromatic rings. The molecule has 3 rings (SSSR count). The Morgan fingerprint density at radius 2 is 2.04 bits per heavy atom. The van der Waals surface area contributed by atoms with Crippen LogP contribution in [-0.4, -0.2) is 54.1 Å². The van der Waals surface area contributed by atoms with Crippen molar-refractivity contribution in [2.24, 2.45) is 0 Å². The molecule has 7 nitrogen and oxygen atoms in total. The van der Waals surface area contributed by atoms with Crippen LogP contribution in [0.15, 0.2) is 18.2 Å². The Labute approximate surface area is 176 Å². The average Bonchev–Trinajstić information content (AvgIpc) is 2.89. The zero-order valence-corrected chi connectivity index (χ0v) is 18.6. The van der Waals surface area contributed by atoms with Gasteiger partial charge in [0.2, 0.25) is 0 Å². The third-order valence-corrected chi connectivity index (χ3v) is 5.75. The Morgan fingerprint density at radius 3 is 2.58 bits per heavy atom. The van der Waals surface area contributed by atoms with Gasteiger partial charge in [-0.15, -0.1) is 6.54 Å². The molecule has 0 aromatic heterocycles. The maximum absolute atomic E-state index is 14.4. The van der Waals surface area contributed by atoms with Gasteiger partial charge in [0.15, 0.2) is 0 Å². The van der Waals surface area contributed by atoms with E-state index in [0.717, 1.165) is 0 Å². The molecule has 0 saturated carbocycles. The van der Waals surface area contributed by atoms with Crippen molar-refractivity contribution >= 4 is 27.2 Å². The molecule has 24 heavy (non-hydrogen) atoms. The van der Waals surface area contributed by atoms with Gasteiger partial charge in [-0.25, -0.2) is 13.4 Å². The summed E-state index contributed by atoms with van der Waals surface area (Å²) in [5, 5.41) is 0. The summed E-state index contributed by atoms with van der Waals surface area (Å²) in [5.41, 5.74) is 8.04. The van der Waals surface area contributed by atoms with E-state index in [4.69, 9.17) is 15.3 Å². The standard InChI is InChI=1S/C14H18FN4O3S.Ac/c15-12-7-10(19-9-11(8-16)22-14(19)20)1-2-13(12)18-3-5-23(17,21)6-4-18;/h1-2,7,11,16-17H,3-6,8-9H2;/q-1;. The van der Waals surface area contributed by atoms with Crippen LogP contribution in [0.1, 0.15) is 0 Å². The second-order valence-corrected chi connectivity index (χ2v) is 8.10. The second kappa shape index (κ2) is 7.85. The van der Waals surface area contributed by atoms with E-state index in [1.807, 2.05) is 0 Å². The fourth-order valence-corrected chi connectivity index (χ4v) is 3.96. The van der Waals surface area contributed by atoms with Crippen molar-refractivity contribution in [2.45, 2.75) is 6.10 Å². The van der Waals surface area contributed by atoms with Crippen LogP contribution in [0.5, 0.6) is 0 Å². The molecule has 1 aromatic carbocycles. The van der Waals surface area contributed by atoms with Gasteiger partial charge in [0.05, 0.1) is 17.9 Å². The minimum absolute atomic E-state index is 0. The topological polar surface area (TPSA) is 97.5 Å². The number of ether oxygens (including phenoxy) is 1. The summed E-state index contributed by atoms with van der Waals surface area (Å²) >= 11 is 0. The number of carbonyl (C=O) groups is 1. The minimum Gasteiger partial charge on any atom is -0.674 e. The van der Waals surface area contributed by atoms with Gasteiger partial charge >= 0.3 is 6.09 Å². The van der Waals surface area contributed by atoms with Crippen LogP contribution in [-0.2, 0) is 14.5 Å². The van der Waals surface area contributed by atoms with E-state index < -0.39 is 27.7 Å². The quantitative estimate of drug-likeness (QED) is 0.604. The molecule has 129 valence electrons. The van der Waals surface area contributed by atoms with Gasteiger partial charge < -0.3 is 15.4 Å². The van der Waals surface area contributed by atoms with Gasteiger partial charge in [-0.2, -0.15) is 0 Å².